The molecule has 2 aromatic carbocycles. The Hall–Kier alpha value is -2.86. The van der Waals surface area contributed by atoms with E-state index >= 15 is 0 Å². The molecule has 1 atom stereocenters. The van der Waals surface area contributed by atoms with E-state index in [1.54, 1.807) is 0 Å². The molecule has 0 radical (unpaired) electrons. The molecule has 5 rings (SSSR count). The smallest absolute Gasteiger partial charge is 0.239 e. The van der Waals surface area contributed by atoms with Gasteiger partial charge in [0, 0.05) is 44.5 Å². The average Bonchev–Trinajstić information content (AvgIpc) is 3.35. The molecule has 1 aromatic heterocycles. The Labute approximate surface area is 177 Å². The van der Waals surface area contributed by atoms with Crippen LogP contribution in [-0.2, 0) is 11.8 Å². The van der Waals surface area contributed by atoms with Gasteiger partial charge < -0.3 is 19.7 Å². The molecular weight excluding hydrogens is 374 g/mol. The molecule has 0 aliphatic carbocycles. The predicted molar refractivity (Wildman–Crippen MR) is 121 cm³/mol. The maximum atomic E-state index is 12.8. The molecule has 0 spiro atoms. The first-order valence-corrected chi connectivity index (χ1v) is 11.0. The summed E-state index contributed by atoms with van der Waals surface area (Å²) in [6.07, 6.45) is 3.07. The van der Waals surface area contributed by atoms with Crippen LogP contribution in [0.25, 0.3) is 22.4 Å². The summed E-state index contributed by atoms with van der Waals surface area (Å²) in [5.41, 5.74) is 4.48. The summed E-state index contributed by atoms with van der Waals surface area (Å²) in [7, 11) is 2.07. The van der Waals surface area contributed by atoms with Gasteiger partial charge in [0.1, 0.15) is 5.82 Å². The average molecular weight is 404 g/mol. The van der Waals surface area contributed by atoms with Crippen LogP contribution in [-0.4, -0.2) is 59.1 Å². The molecule has 2 saturated heterocycles. The molecule has 0 bridgehead atoms. The maximum absolute atomic E-state index is 12.8. The lowest BCUT2D eigenvalue weighted by atomic mass is 10.1. The van der Waals surface area contributed by atoms with Crippen molar-refractivity contribution in [2.45, 2.75) is 25.3 Å². The molecule has 3 aromatic rings. The van der Waals surface area contributed by atoms with Gasteiger partial charge in [0.05, 0.1) is 17.1 Å². The standard InChI is InChI=1S/C24H29N5O/c1-27-22-11-3-2-9-20(22)26-23(27)18-7-4-8-19(17-18)28-13-6-14-29(16-15-28)24(30)21-10-5-12-25-21/h2-4,7-9,11,17,21,25H,5-6,10,12-16H2,1H3/t21-/m1/s1. The Balaban J connectivity index is 1.35. The van der Waals surface area contributed by atoms with E-state index in [4.69, 9.17) is 4.98 Å². The predicted octanol–water partition coefficient (Wildman–Crippen LogP) is 3.03. The van der Waals surface area contributed by atoms with Gasteiger partial charge in [0.25, 0.3) is 0 Å². The number of nitrogens with one attached hydrogen (secondary N) is 1. The minimum Gasteiger partial charge on any atom is -0.370 e. The zero-order valence-corrected chi connectivity index (χ0v) is 17.6. The number of hydrogen-bond donors (Lipinski definition) is 1. The molecule has 6 heteroatoms. The summed E-state index contributed by atoms with van der Waals surface area (Å²) < 4.78 is 2.16. The van der Waals surface area contributed by atoms with Gasteiger partial charge in [-0.1, -0.05) is 24.3 Å². The van der Waals surface area contributed by atoms with Crippen LogP contribution in [0, 0.1) is 0 Å². The molecule has 156 valence electrons. The number of aryl methyl sites for hydroxylation is 1. The molecule has 1 N–H and O–H groups in total. The van der Waals surface area contributed by atoms with E-state index in [0.29, 0.717) is 0 Å². The SMILES string of the molecule is Cn1c(-c2cccc(N3CCCN(C(=O)[C@H]4CCCN4)CC3)c2)nc2ccccc21. The Morgan fingerprint density at radius 3 is 2.77 bits per heavy atom. The van der Waals surface area contributed by atoms with E-state index in [1.807, 2.05) is 6.07 Å². The third-order valence-electron chi connectivity index (χ3n) is 6.42. The van der Waals surface area contributed by atoms with Crippen molar-refractivity contribution in [1.82, 2.24) is 19.8 Å². The van der Waals surface area contributed by atoms with Crippen molar-refractivity contribution in [3.05, 3.63) is 48.5 Å². The number of carbonyl (C=O) groups excluding carboxylic acids is 1. The molecule has 30 heavy (non-hydrogen) atoms. The largest absolute Gasteiger partial charge is 0.370 e. The fourth-order valence-electron chi connectivity index (χ4n) is 4.76. The van der Waals surface area contributed by atoms with Gasteiger partial charge >= 0.3 is 0 Å². The molecule has 2 fully saturated rings. The number of fused-ring (bicyclic) bond motifs is 1. The number of nitrogens with zero attached hydrogens (tertiary/aromatic N) is 4. The molecule has 2 aliphatic rings. The second kappa shape index (κ2) is 8.11. The topological polar surface area (TPSA) is 53.4 Å². The van der Waals surface area contributed by atoms with Gasteiger partial charge in [0.2, 0.25) is 5.91 Å². The van der Waals surface area contributed by atoms with Crippen molar-refractivity contribution in [2.24, 2.45) is 7.05 Å². The molecule has 0 unspecified atom stereocenters. The lowest BCUT2D eigenvalue weighted by Gasteiger charge is -2.25. The van der Waals surface area contributed by atoms with Crippen molar-refractivity contribution in [2.75, 3.05) is 37.6 Å². The van der Waals surface area contributed by atoms with Crippen LogP contribution >= 0.6 is 0 Å². The van der Waals surface area contributed by atoms with Crippen LogP contribution in [0.2, 0.25) is 0 Å². The monoisotopic (exact) mass is 403 g/mol. The first-order chi connectivity index (χ1) is 14.7. The summed E-state index contributed by atoms with van der Waals surface area (Å²) in [6, 6.07) is 16.9. The first-order valence-electron chi connectivity index (χ1n) is 11.0. The highest BCUT2D eigenvalue weighted by molar-refractivity contribution is 5.82. The van der Waals surface area contributed by atoms with Gasteiger partial charge in [-0.3, -0.25) is 4.79 Å². The lowest BCUT2D eigenvalue weighted by molar-refractivity contribution is -0.132. The van der Waals surface area contributed by atoms with E-state index in [2.05, 4.69) is 69.2 Å². The number of hydrogen-bond acceptors (Lipinski definition) is 4. The fraction of sp³-hybridized carbons (Fsp3) is 0.417. The van der Waals surface area contributed by atoms with Crippen molar-refractivity contribution in [3.8, 4) is 11.4 Å². The summed E-state index contributed by atoms with van der Waals surface area (Å²) in [5.74, 6) is 1.26. The number of rotatable bonds is 3. The second-order valence-corrected chi connectivity index (χ2v) is 8.35. The molecule has 6 nitrogen and oxygen atoms in total. The van der Waals surface area contributed by atoms with Crippen LogP contribution < -0.4 is 10.2 Å². The highest BCUT2D eigenvalue weighted by atomic mass is 16.2. The number of carbonyl (C=O) groups is 1. The molecular formula is C24H29N5O. The fourth-order valence-corrected chi connectivity index (χ4v) is 4.76. The minimum absolute atomic E-state index is 0.0254. The third-order valence-corrected chi connectivity index (χ3v) is 6.42. The molecule has 0 saturated carbocycles. The van der Waals surface area contributed by atoms with Crippen LogP contribution in [0.3, 0.4) is 0 Å². The Morgan fingerprint density at radius 2 is 1.93 bits per heavy atom. The van der Waals surface area contributed by atoms with Crippen molar-refractivity contribution >= 4 is 22.6 Å². The van der Waals surface area contributed by atoms with E-state index in [-0.39, 0.29) is 11.9 Å². The van der Waals surface area contributed by atoms with Gasteiger partial charge in [-0.05, 0) is 50.1 Å². The molecule has 3 heterocycles. The number of anilines is 1. The van der Waals surface area contributed by atoms with Crippen molar-refractivity contribution in [1.29, 1.82) is 0 Å². The lowest BCUT2D eigenvalue weighted by Crippen LogP contribution is -2.45. The number of para-hydroxylation sites is 2. The highest BCUT2D eigenvalue weighted by Crippen LogP contribution is 2.27. The van der Waals surface area contributed by atoms with Crippen LogP contribution in [0.1, 0.15) is 19.3 Å². The minimum atomic E-state index is 0.0254. The normalized spacial score (nSPS) is 20.0. The number of amides is 1. The first kappa shape index (κ1) is 19.1. The van der Waals surface area contributed by atoms with E-state index in [1.165, 1.54) is 5.69 Å². The highest BCUT2D eigenvalue weighted by Gasteiger charge is 2.28. The Morgan fingerprint density at radius 1 is 1.03 bits per heavy atom. The van der Waals surface area contributed by atoms with E-state index in [9.17, 15) is 4.79 Å². The van der Waals surface area contributed by atoms with Gasteiger partial charge in [-0.15, -0.1) is 0 Å². The quantitative estimate of drug-likeness (QED) is 0.730. The van der Waals surface area contributed by atoms with Gasteiger partial charge in [0.15, 0.2) is 0 Å². The van der Waals surface area contributed by atoms with Crippen LogP contribution in [0.4, 0.5) is 5.69 Å². The van der Waals surface area contributed by atoms with E-state index < -0.39 is 0 Å². The summed E-state index contributed by atoms with van der Waals surface area (Å²) in [6.45, 7) is 4.43. The number of imidazole rings is 1. The molecule has 2 aliphatic heterocycles. The maximum Gasteiger partial charge on any atom is 0.239 e. The Kier molecular flexibility index (Phi) is 5.17. The molecule has 1 amide bonds. The third kappa shape index (κ3) is 3.56. The Bertz CT molecular complexity index is 1050. The number of benzene rings is 2. The zero-order chi connectivity index (χ0) is 20.5. The van der Waals surface area contributed by atoms with Crippen LogP contribution in [0.15, 0.2) is 48.5 Å². The number of aromatic nitrogens is 2. The van der Waals surface area contributed by atoms with Crippen molar-refractivity contribution < 1.29 is 4.79 Å². The second-order valence-electron chi connectivity index (χ2n) is 8.35. The summed E-state index contributed by atoms with van der Waals surface area (Å²) in [4.78, 5) is 22.1. The summed E-state index contributed by atoms with van der Waals surface area (Å²) >= 11 is 0. The van der Waals surface area contributed by atoms with Crippen molar-refractivity contribution in [3.63, 3.8) is 0 Å². The summed E-state index contributed by atoms with van der Waals surface area (Å²) in [5, 5.41) is 3.34. The van der Waals surface area contributed by atoms with Crippen LogP contribution in [0.5, 0.6) is 0 Å². The van der Waals surface area contributed by atoms with Gasteiger partial charge in [-0.25, -0.2) is 4.98 Å². The zero-order valence-electron chi connectivity index (χ0n) is 17.6. The van der Waals surface area contributed by atoms with Gasteiger partial charge in [-0.2, -0.15) is 0 Å². The van der Waals surface area contributed by atoms with E-state index in [0.717, 1.165) is 74.4 Å².